The van der Waals surface area contributed by atoms with Crippen LogP contribution in [-0.4, -0.2) is 15.3 Å². The first kappa shape index (κ1) is 10.9. The molecule has 0 saturated heterocycles. The molecule has 0 saturated carbocycles. The van der Waals surface area contributed by atoms with Crippen LogP contribution in [0, 0.1) is 4.91 Å². The van der Waals surface area contributed by atoms with Gasteiger partial charge in [-0.05, 0) is 35.0 Å². The van der Waals surface area contributed by atoms with E-state index in [0.717, 1.165) is 0 Å². The molecule has 0 fully saturated rings. The zero-order valence-corrected chi connectivity index (χ0v) is 8.66. The lowest BCUT2D eigenvalue weighted by Gasteiger charge is -2.06. The number of hydrogen-bond donors (Lipinski definition) is 3. The van der Waals surface area contributed by atoms with Gasteiger partial charge in [0.1, 0.15) is 22.9 Å². The highest BCUT2D eigenvalue weighted by Gasteiger charge is 2.09. The summed E-state index contributed by atoms with van der Waals surface area (Å²) in [4.78, 5) is 10.6. The molecule has 0 aliphatic carbocycles. The number of phenolic OH excluding ortho intramolecular Hbond substituents is 3. The molecule has 0 atom stereocenters. The number of hydrogen-bond acceptors (Lipinski definition) is 5. The minimum atomic E-state index is -0.120. The summed E-state index contributed by atoms with van der Waals surface area (Å²) in [6.07, 6.45) is 0. The standard InChI is InChI=1S/C12H9NO4/c14-8-1-2-11(12(6-8)13-17)7-3-9(15)5-10(16)4-7/h1-6,14-16H. The fraction of sp³-hybridized carbons (Fsp3) is 0. The first-order valence-corrected chi connectivity index (χ1v) is 4.80. The van der Waals surface area contributed by atoms with Crippen LogP contribution < -0.4 is 0 Å². The van der Waals surface area contributed by atoms with Crippen molar-refractivity contribution in [2.75, 3.05) is 0 Å². The number of phenols is 3. The Hall–Kier alpha value is -2.56. The van der Waals surface area contributed by atoms with E-state index in [0.29, 0.717) is 11.1 Å². The Morgan fingerprint density at radius 1 is 0.824 bits per heavy atom. The van der Waals surface area contributed by atoms with Crippen molar-refractivity contribution in [2.45, 2.75) is 0 Å². The van der Waals surface area contributed by atoms with Crippen molar-refractivity contribution < 1.29 is 15.3 Å². The monoisotopic (exact) mass is 231 g/mol. The van der Waals surface area contributed by atoms with Crippen molar-refractivity contribution in [1.82, 2.24) is 0 Å². The third kappa shape index (κ3) is 2.17. The zero-order valence-electron chi connectivity index (χ0n) is 8.66. The van der Waals surface area contributed by atoms with Crippen LogP contribution >= 0.6 is 0 Å². The summed E-state index contributed by atoms with van der Waals surface area (Å²) in [5.74, 6) is -0.317. The molecule has 0 bridgehead atoms. The van der Waals surface area contributed by atoms with Gasteiger partial charge in [0.25, 0.3) is 0 Å². The van der Waals surface area contributed by atoms with Crippen LogP contribution in [-0.2, 0) is 0 Å². The fourth-order valence-corrected chi connectivity index (χ4v) is 1.59. The van der Waals surface area contributed by atoms with Crippen molar-refractivity contribution in [3.8, 4) is 28.4 Å². The number of aromatic hydroxyl groups is 3. The molecule has 0 amide bonds. The largest absolute Gasteiger partial charge is 0.508 e. The van der Waals surface area contributed by atoms with Crippen LogP contribution in [0.15, 0.2) is 41.6 Å². The van der Waals surface area contributed by atoms with Crippen molar-refractivity contribution in [3.63, 3.8) is 0 Å². The Bertz CT molecular complexity index is 560. The van der Waals surface area contributed by atoms with Gasteiger partial charge >= 0.3 is 0 Å². The van der Waals surface area contributed by atoms with Crippen molar-refractivity contribution in [1.29, 1.82) is 0 Å². The minimum absolute atomic E-state index is 0.0370. The van der Waals surface area contributed by atoms with E-state index in [1.807, 2.05) is 0 Å². The van der Waals surface area contributed by atoms with Gasteiger partial charge in [-0.25, -0.2) is 0 Å². The molecular formula is C12H9NO4. The SMILES string of the molecule is O=Nc1cc(O)ccc1-c1cc(O)cc(O)c1. The quantitative estimate of drug-likeness (QED) is 0.693. The fourth-order valence-electron chi connectivity index (χ4n) is 1.59. The Morgan fingerprint density at radius 3 is 2.06 bits per heavy atom. The topological polar surface area (TPSA) is 90.1 Å². The van der Waals surface area contributed by atoms with Gasteiger partial charge in [-0.2, -0.15) is 0 Å². The molecule has 0 unspecified atom stereocenters. The van der Waals surface area contributed by atoms with Gasteiger partial charge in [0.2, 0.25) is 0 Å². The highest BCUT2D eigenvalue weighted by Crippen LogP contribution is 2.36. The van der Waals surface area contributed by atoms with Crippen LogP contribution in [0.2, 0.25) is 0 Å². The third-order valence-electron chi connectivity index (χ3n) is 2.29. The predicted molar refractivity (Wildman–Crippen MR) is 62.3 cm³/mol. The lowest BCUT2D eigenvalue weighted by atomic mass is 10.0. The van der Waals surface area contributed by atoms with E-state index in [1.165, 1.54) is 36.4 Å². The second kappa shape index (κ2) is 4.13. The Labute approximate surface area is 96.6 Å². The van der Waals surface area contributed by atoms with Crippen molar-refractivity contribution in [3.05, 3.63) is 41.3 Å². The van der Waals surface area contributed by atoms with Crippen LogP contribution in [0.5, 0.6) is 17.2 Å². The van der Waals surface area contributed by atoms with E-state index in [9.17, 15) is 20.2 Å². The summed E-state index contributed by atoms with van der Waals surface area (Å²) in [6.45, 7) is 0. The second-order valence-corrected chi connectivity index (χ2v) is 3.53. The zero-order chi connectivity index (χ0) is 12.4. The maximum absolute atomic E-state index is 10.6. The third-order valence-corrected chi connectivity index (χ3v) is 2.29. The molecule has 0 aliphatic rings. The first-order valence-electron chi connectivity index (χ1n) is 4.80. The van der Waals surface area contributed by atoms with Gasteiger partial charge in [-0.1, -0.05) is 0 Å². The lowest BCUT2D eigenvalue weighted by molar-refractivity contribution is 0.451. The van der Waals surface area contributed by atoms with Gasteiger partial charge in [-0.15, -0.1) is 4.91 Å². The Kier molecular flexibility index (Phi) is 2.66. The molecule has 0 spiro atoms. The van der Waals surface area contributed by atoms with Gasteiger partial charge in [0.05, 0.1) is 0 Å². The van der Waals surface area contributed by atoms with E-state index in [4.69, 9.17) is 0 Å². The molecule has 2 rings (SSSR count). The van der Waals surface area contributed by atoms with Gasteiger partial charge in [0.15, 0.2) is 0 Å². The molecule has 0 aliphatic heterocycles. The number of nitroso groups, excluding NO2 is 1. The molecule has 17 heavy (non-hydrogen) atoms. The van der Waals surface area contributed by atoms with Crippen molar-refractivity contribution in [2.24, 2.45) is 5.18 Å². The summed E-state index contributed by atoms with van der Waals surface area (Å²) in [6, 6.07) is 8.05. The summed E-state index contributed by atoms with van der Waals surface area (Å²) < 4.78 is 0. The number of nitrogens with zero attached hydrogens (tertiary/aromatic N) is 1. The summed E-state index contributed by atoms with van der Waals surface area (Å²) in [5, 5.41) is 30.7. The van der Waals surface area contributed by atoms with Crippen molar-refractivity contribution >= 4 is 5.69 Å². The Morgan fingerprint density at radius 2 is 1.47 bits per heavy atom. The van der Waals surface area contributed by atoms with E-state index >= 15 is 0 Å². The average Bonchev–Trinajstić information content (AvgIpc) is 2.27. The molecule has 0 heterocycles. The van der Waals surface area contributed by atoms with Crippen LogP contribution in [0.1, 0.15) is 0 Å². The van der Waals surface area contributed by atoms with E-state index in [1.54, 1.807) is 0 Å². The maximum Gasteiger partial charge on any atom is 0.119 e. The molecule has 5 heteroatoms. The number of benzene rings is 2. The molecule has 5 nitrogen and oxygen atoms in total. The maximum atomic E-state index is 10.6. The molecule has 0 radical (unpaired) electrons. The van der Waals surface area contributed by atoms with Crippen LogP contribution in [0.4, 0.5) is 5.69 Å². The van der Waals surface area contributed by atoms with Gasteiger partial charge < -0.3 is 15.3 Å². The minimum Gasteiger partial charge on any atom is -0.508 e. The predicted octanol–water partition coefficient (Wildman–Crippen LogP) is 2.87. The molecule has 2 aromatic carbocycles. The summed E-state index contributed by atoms with van der Waals surface area (Å²) >= 11 is 0. The number of rotatable bonds is 2. The van der Waals surface area contributed by atoms with Crippen LogP contribution in [0.25, 0.3) is 11.1 Å². The Balaban J connectivity index is 2.63. The van der Waals surface area contributed by atoms with Gasteiger partial charge in [0, 0.05) is 17.7 Å². The summed E-state index contributed by atoms with van der Waals surface area (Å²) in [7, 11) is 0. The molecule has 0 aromatic heterocycles. The lowest BCUT2D eigenvalue weighted by Crippen LogP contribution is -1.79. The first-order chi connectivity index (χ1) is 8.10. The molecule has 2 aromatic rings. The average molecular weight is 231 g/mol. The van der Waals surface area contributed by atoms with E-state index in [-0.39, 0.29) is 22.9 Å². The molecular weight excluding hydrogens is 222 g/mol. The van der Waals surface area contributed by atoms with E-state index in [2.05, 4.69) is 5.18 Å². The molecule has 3 N–H and O–H groups in total. The summed E-state index contributed by atoms with van der Waals surface area (Å²) in [5.41, 5.74) is 0.899. The van der Waals surface area contributed by atoms with Crippen LogP contribution in [0.3, 0.4) is 0 Å². The highest BCUT2D eigenvalue weighted by molar-refractivity contribution is 5.78. The second-order valence-electron chi connectivity index (χ2n) is 3.53. The normalized spacial score (nSPS) is 10.1. The van der Waals surface area contributed by atoms with E-state index < -0.39 is 0 Å². The highest BCUT2D eigenvalue weighted by atomic mass is 16.3. The smallest absolute Gasteiger partial charge is 0.119 e. The molecule has 86 valence electrons. The van der Waals surface area contributed by atoms with Gasteiger partial charge in [-0.3, -0.25) is 0 Å².